The number of halogens is 1. The summed E-state index contributed by atoms with van der Waals surface area (Å²) >= 11 is 7.33. The Morgan fingerprint density at radius 2 is 2.22 bits per heavy atom. The number of thiophene rings is 1. The van der Waals surface area contributed by atoms with Crippen LogP contribution in [0.25, 0.3) is 0 Å². The van der Waals surface area contributed by atoms with Crippen LogP contribution in [0.1, 0.15) is 29.8 Å². The molecule has 2 aromatic heterocycles. The van der Waals surface area contributed by atoms with Crippen molar-refractivity contribution in [3.05, 3.63) is 53.9 Å². The molecular weight excluding hydrogens is 272 g/mol. The fraction of sp³-hybridized carbons (Fsp3) is 0.333. The maximum atomic E-state index is 12.2. The highest BCUT2D eigenvalue weighted by atomic mass is 35.5. The predicted molar refractivity (Wildman–Crippen MR) is 73.8 cm³/mol. The van der Waals surface area contributed by atoms with E-state index >= 15 is 0 Å². The molecule has 0 bridgehead atoms. The van der Waals surface area contributed by atoms with E-state index in [1.165, 1.54) is 15.9 Å². The van der Waals surface area contributed by atoms with E-state index in [-0.39, 0.29) is 16.8 Å². The molecule has 2 heterocycles. The Kier molecular flexibility index (Phi) is 3.73. The van der Waals surface area contributed by atoms with E-state index in [4.69, 9.17) is 11.6 Å². The number of H-pyrrole nitrogens is 1. The molecule has 0 fully saturated rings. The first-order valence-corrected chi connectivity index (χ1v) is 6.86. The number of aromatic amines is 1. The third-order valence-electron chi connectivity index (χ3n) is 2.87. The van der Waals surface area contributed by atoms with E-state index in [1.54, 1.807) is 6.92 Å². The van der Waals surface area contributed by atoms with Crippen LogP contribution in [0.3, 0.4) is 0 Å². The van der Waals surface area contributed by atoms with Gasteiger partial charge < -0.3 is 0 Å². The molecule has 0 amide bonds. The number of hydrogen-bond acceptors (Lipinski definition) is 3. The SMILES string of the molecule is CCC(c1cccs1)n1c(=O)[nH]c(Cl)c(C)c1=O. The fourth-order valence-electron chi connectivity index (χ4n) is 1.89. The Morgan fingerprint density at radius 1 is 1.50 bits per heavy atom. The summed E-state index contributed by atoms with van der Waals surface area (Å²) < 4.78 is 1.24. The minimum atomic E-state index is -0.462. The maximum Gasteiger partial charge on any atom is 0.330 e. The van der Waals surface area contributed by atoms with Gasteiger partial charge in [-0.25, -0.2) is 4.79 Å². The van der Waals surface area contributed by atoms with Crippen LogP contribution in [-0.2, 0) is 0 Å². The lowest BCUT2D eigenvalue weighted by molar-refractivity contribution is 0.526. The Hall–Kier alpha value is -1.33. The molecule has 0 spiro atoms. The Labute approximate surface area is 113 Å². The molecule has 0 radical (unpaired) electrons. The van der Waals surface area contributed by atoms with Crippen LogP contribution in [0.2, 0.25) is 5.15 Å². The van der Waals surface area contributed by atoms with E-state index in [1.807, 2.05) is 24.4 Å². The zero-order chi connectivity index (χ0) is 13.3. The van der Waals surface area contributed by atoms with Crippen molar-refractivity contribution in [2.45, 2.75) is 26.3 Å². The highest BCUT2D eigenvalue weighted by Crippen LogP contribution is 2.23. The van der Waals surface area contributed by atoms with Crippen LogP contribution in [0.15, 0.2) is 27.1 Å². The molecule has 6 heteroatoms. The zero-order valence-electron chi connectivity index (χ0n) is 10.1. The zero-order valence-corrected chi connectivity index (χ0v) is 11.6. The summed E-state index contributed by atoms with van der Waals surface area (Å²) in [6.45, 7) is 3.55. The summed E-state index contributed by atoms with van der Waals surface area (Å²) in [5.74, 6) is 0. The van der Waals surface area contributed by atoms with E-state index in [9.17, 15) is 9.59 Å². The Bertz CT molecular complexity index is 658. The molecule has 18 heavy (non-hydrogen) atoms. The third-order valence-corrected chi connectivity index (χ3v) is 4.23. The highest BCUT2D eigenvalue weighted by Gasteiger charge is 2.19. The van der Waals surface area contributed by atoms with Gasteiger partial charge in [-0.05, 0) is 24.8 Å². The van der Waals surface area contributed by atoms with Gasteiger partial charge in [0.25, 0.3) is 5.56 Å². The van der Waals surface area contributed by atoms with Gasteiger partial charge in [0.15, 0.2) is 0 Å². The van der Waals surface area contributed by atoms with Crippen LogP contribution in [0.5, 0.6) is 0 Å². The molecule has 96 valence electrons. The second-order valence-electron chi connectivity index (χ2n) is 3.98. The van der Waals surface area contributed by atoms with Crippen molar-refractivity contribution in [2.75, 3.05) is 0 Å². The molecule has 2 rings (SSSR count). The summed E-state index contributed by atoms with van der Waals surface area (Å²) in [5.41, 5.74) is -0.425. The number of rotatable bonds is 3. The second-order valence-corrected chi connectivity index (χ2v) is 5.34. The standard InChI is InChI=1S/C12H13ClN2O2S/c1-3-8(9-5-4-6-18-9)15-11(16)7(2)10(13)14-12(15)17/h4-6,8H,3H2,1-2H3,(H,14,17). The smallest absolute Gasteiger partial charge is 0.297 e. The molecule has 2 aromatic rings. The first-order chi connectivity index (χ1) is 8.56. The van der Waals surface area contributed by atoms with Crippen LogP contribution in [0, 0.1) is 6.92 Å². The molecule has 0 saturated carbocycles. The average Bonchev–Trinajstić information content (AvgIpc) is 2.85. The average molecular weight is 285 g/mol. The quantitative estimate of drug-likeness (QED) is 0.881. The van der Waals surface area contributed by atoms with Gasteiger partial charge >= 0.3 is 5.69 Å². The van der Waals surface area contributed by atoms with E-state index in [0.717, 1.165) is 4.88 Å². The van der Waals surface area contributed by atoms with Gasteiger partial charge in [-0.3, -0.25) is 14.3 Å². The molecule has 4 nitrogen and oxygen atoms in total. The molecule has 0 saturated heterocycles. The fourth-order valence-corrected chi connectivity index (χ4v) is 2.95. The van der Waals surface area contributed by atoms with E-state index < -0.39 is 5.69 Å². The van der Waals surface area contributed by atoms with Crippen molar-refractivity contribution >= 4 is 22.9 Å². The minimum absolute atomic E-state index is 0.113. The molecule has 1 unspecified atom stereocenters. The summed E-state index contributed by atoms with van der Waals surface area (Å²) in [6, 6.07) is 3.59. The van der Waals surface area contributed by atoms with E-state index in [2.05, 4.69) is 4.98 Å². The molecule has 0 aliphatic heterocycles. The van der Waals surface area contributed by atoms with Crippen LogP contribution < -0.4 is 11.2 Å². The molecule has 1 N–H and O–H groups in total. The second kappa shape index (κ2) is 5.12. The van der Waals surface area contributed by atoms with Crippen molar-refractivity contribution < 1.29 is 0 Å². The van der Waals surface area contributed by atoms with Crippen molar-refractivity contribution in [2.24, 2.45) is 0 Å². The molecule has 1 atom stereocenters. The number of nitrogens with one attached hydrogen (secondary N) is 1. The Morgan fingerprint density at radius 3 is 2.78 bits per heavy atom. The molecule has 0 aromatic carbocycles. The molecule has 0 aliphatic rings. The van der Waals surface area contributed by atoms with Crippen LogP contribution in [0.4, 0.5) is 0 Å². The number of hydrogen-bond donors (Lipinski definition) is 1. The molecule has 0 aliphatic carbocycles. The number of nitrogens with zero attached hydrogens (tertiary/aromatic N) is 1. The molecular formula is C12H13ClN2O2S. The van der Waals surface area contributed by atoms with Gasteiger partial charge in [0.1, 0.15) is 5.15 Å². The van der Waals surface area contributed by atoms with Gasteiger partial charge in [0, 0.05) is 10.4 Å². The monoisotopic (exact) mass is 284 g/mol. The lowest BCUT2D eigenvalue weighted by Crippen LogP contribution is -2.39. The highest BCUT2D eigenvalue weighted by molar-refractivity contribution is 7.10. The first kappa shape index (κ1) is 13.1. The summed E-state index contributed by atoms with van der Waals surface area (Å²) in [6.07, 6.45) is 0.671. The summed E-state index contributed by atoms with van der Waals surface area (Å²) in [5, 5.41) is 2.04. The third kappa shape index (κ3) is 2.15. The van der Waals surface area contributed by atoms with Gasteiger partial charge in [0.05, 0.1) is 6.04 Å². The summed E-state index contributed by atoms with van der Waals surface area (Å²) in [7, 11) is 0. The van der Waals surface area contributed by atoms with Crippen LogP contribution in [-0.4, -0.2) is 9.55 Å². The van der Waals surface area contributed by atoms with Crippen LogP contribution >= 0.6 is 22.9 Å². The lowest BCUT2D eigenvalue weighted by Gasteiger charge is -2.16. The topological polar surface area (TPSA) is 54.9 Å². The predicted octanol–water partition coefficient (Wildman–Crippen LogP) is 2.56. The number of aromatic nitrogens is 2. The Balaban J connectivity index is 2.68. The normalized spacial score (nSPS) is 12.6. The van der Waals surface area contributed by atoms with Crippen molar-refractivity contribution in [1.29, 1.82) is 0 Å². The lowest BCUT2D eigenvalue weighted by atomic mass is 10.2. The largest absolute Gasteiger partial charge is 0.330 e. The van der Waals surface area contributed by atoms with Gasteiger partial charge in [-0.15, -0.1) is 11.3 Å². The summed E-state index contributed by atoms with van der Waals surface area (Å²) in [4.78, 5) is 27.6. The van der Waals surface area contributed by atoms with Gasteiger partial charge in [0.2, 0.25) is 0 Å². The van der Waals surface area contributed by atoms with E-state index in [0.29, 0.717) is 12.0 Å². The van der Waals surface area contributed by atoms with Crippen molar-refractivity contribution in [3.8, 4) is 0 Å². The van der Waals surface area contributed by atoms with Crippen molar-refractivity contribution in [3.63, 3.8) is 0 Å². The van der Waals surface area contributed by atoms with Gasteiger partial charge in [-0.2, -0.15) is 0 Å². The first-order valence-electron chi connectivity index (χ1n) is 5.60. The maximum absolute atomic E-state index is 12.2. The van der Waals surface area contributed by atoms with Crippen molar-refractivity contribution in [1.82, 2.24) is 9.55 Å². The minimum Gasteiger partial charge on any atom is -0.297 e. The van der Waals surface area contributed by atoms with Gasteiger partial charge in [-0.1, -0.05) is 24.6 Å².